The Balaban J connectivity index is 2.16. The fraction of sp³-hybridized carbons (Fsp3) is 0.471. The van der Waals surface area contributed by atoms with Crippen molar-refractivity contribution in [3.8, 4) is 0 Å². The first-order valence-corrected chi connectivity index (χ1v) is 7.16. The largest absolute Gasteiger partial charge is 0.317 e. The lowest BCUT2D eigenvalue weighted by Gasteiger charge is -2.25. The lowest BCUT2D eigenvalue weighted by atomic mass is 9.82. The van der Waals surface area contributed by atoms with E-state index in [4.69, 9.17) is 0 Å². The first-order chi connectivity index (χ1) is 9.12. The molecule has 1 heterocycles. The number of rotatable bonds is 6. The molecule has 2 heteroatoms. The number of para-hydroxylation sites is 1. The van der Waals surface area contributed by atoms with Gasteiger partial charge < -0.3 is 5.32 Å². The van der Waals surface area contributed by atoms with Gasteiger partial charge in [0.2, 0.25) is 0 Å². The maximum absolute atomic E-state index is 4.43. The third-order valence-electron chi connectivity index (χ3n) is 3.64. The Bertz CT molecular complexity index is 526. The number of pyridine rings is 1. The van der Waals surface area contributed by atoms with Crippen molar-refractivity contribution in [3.63, 3.8) is 0 Å². The predicted molar refractivity (Wildman–Crippen MR) is 82.4 cm³/mol. The van der Waals surface area contributed by atoms with Gasteiger partial charge >= 0.3 is 0 Å². The highest BCUT2D eigenvalue weighted by Crippen LogP contribution is 2.28. The zero-order valence-electron chi connectivity index (χ0n) is 12.2. The molecule has 0 amide bonds. The molecule has 0 saturated heterocycles. The highest BCUT2D eigenvalue weighted by atomic mass is 14.8. The molecule has 0 radical (unpaired) electrons. The molecule has 0 aliphatic rings. The van der Waals surface area contributed by atoms with Gasteiger partial charge in [-0.1, -0.05) is 39.0 Å². The smallest absolute Gasteiger partial charge is 0.0704 e. The highest BCUT2D eigenvalue weighted by Gasteiger charge is 2.19. The van der Waals surface area contributed by atoms with Crippen LogP contribution in [0.5, 0.6) is 0 Å². The van der Waals surface area contributed by atoms with Crippen molar-refractivity contribution in [3.05, 3.63) is 42.1 Å². The molecule has 2 nitrogen and oxygen atoms in total. The Hall–Kier alpha value is -1.41. The molecule has 1 aromatic heterocycles. The van der Waals surface area contributed by atoms with Crippen LogP contribution in [-0.2, 0) is 6.42 Å². The van der Waals surface area contributed by atoms with E-state index in [1.807, 2.05) is 6.20 Å². The van der Waals surface area contributed by atoms with E-state index in [9.17, 15) is 0 Å². The lowest BCUT2D eigenvalue weighted by molar-refractivity contribution is 0.328. The summed E-state index contributed by atoms with van der Waals surface area (Å²) in [5.74, 6) is 0. The molecule has 2 aromatic rings. The molecule has 0 unspecified atom stereocenters. The van der Waals surface area contributed by atoms with Gasteiger partial charge in [-0.3, -0.25) is 4.98 Å². The van der Waals surface area contributed by atoms with E-state index in [1.165, 1.54) is 17.4 Å². The van der Waals surface area contributed by atoms with E-state index in [0.29, 0.717) is 5.41 Å². The molecule has 0 aliphatic heterocycles. The summed E-state index contributed by atoms with van der Waals surface area (Å²) in [7, 11) is 0. The van der Waals surface area contributed by atoms with Crippen molar-refractivity contribution in [2.24, 2.45) is 5.41 Å². The topological polar surface area (TPSA) is 24.9 Å². The standard InChI is InChI=1S/C17H24N2/c1-4-18-12-10-17(2,3)13-14-9-11-19-16-8-6-5-7-15(14)16/h5-9,11,18H,4,10,12-13H2,1-3H3. The highest BCUT2D eigenvalue weighted by molar-refractivity contribution is 5.81. The van der Waals surface area contributed by atoms with Crippen LogP contribution in [0, 0.1) is 5.41 Å². The maximum Gasteiger partial charge on any atom is 0.0704 e. The Morgan fingerprint density at radius 1 is 1.16 bits per heavy atom. The van der Waals surface area contributed by atoms with E-state index in [-0.39, 0.29) is 0 Å². The van der Waals surface area contributed by atoms with Crippen LogP contribution in [-0.4, -0.2) is 18.1 Å². The number of aromatic nitrogens is 1. The SMILES string of the molecule is CCNCCC(C)(C)Cc1ccnc2ccccc12. The Labute approximate surface area is 116 Å². The van der Waals surface area contributed by atoms with Crippen molar-refractivity contribution in [2.45, 2.75) is 33.6 Å². The summed E-state index contributed by atoms with van der Waals surface area (Å²) in [5.41, 5.74) is 2.82. The van der Waals surface area contributed by atoms with Gasteiger partial charge in [-0.05, 0) is 49.0 Å². The summed E-state index contributed by atoms with van der Waals surface area (Å²) in [6.07, 6.45) is 4.22. The summed E-state index contributed by atoms with van der Waals surface area (Å²) in [4.78, 5) is 4.43. The second kappa shape index (κ2) is 6.16. The average Bonchev–Trinajstić information content (AvgIpc) is 2.39. The van der Waals surface area contributed by atoms with Gasteiger partial charge in [-0.25, -0.2) is 0 Å². The summed E-state index contributed by atoms with van der Waals surface area (Å²) in [6.45, 7) is 8.99. The first-order valence-electron chi connectivity index (χ1n) is 7.16. The number of nitrogens with zero attached hydrogens (tertiary/aromatic N) is 1. The minimum atomic E-state index is 0.312. The zero-order chi connectivity index (χ0) is 13.7. The molecule has 19 heavy (non-hydrogen) atoms. The molecule has 0 spiro atoms. The summed E-state index contributed by atoms with van der Waals surface area (Å²) in [6, 6.07) is 10.6. The number of hydrogen-bond donors (Lipinski definition) is 1. The minimum Gasteiger partial charge on any atom is -0.317 e. The van der Waals surface area contributed by atoms with Crippen LogP contribution in [0.3, 0.4) is 0 Å². The van der Waals surface area contributed by atoms with Crippen LogP contribution in [0.15, 0.2) is 36.5 Å². The van der Waals surface area contributed by atoms with Gasteiger partial charge in [0, 0.05) is 11.6 Å². The van der Waals surface area contributed by atoms with Crippen LogP contribution < -0.4 is 5.32 Å². The minimum absolute atomic E-state index is 0.312. The van der Waals surface area contributed by atoms with Crippen LogP contribution in [0.1, 0.15) is 32.8 Å². The third-order valence-corrected chi connectivity index (χ3v) is 3.64. The fourth-order valence-corrected chi connectivity index (χ4v) is 2.52. The molecule has 0 saturated carbocycles. The monoisotopic (exact) mass is 256 g/mol. The third kappa shape index (κ3) is 3.77. The molecule has 2 rings (SSSR count). The zero-order valence-corrected chi connectivity index (χ0v) is 12.2. The Morgan fingerprint density at radius 3 is 2.74 bits per heavy atom. The van der Waals surface area contributed by atoms with E-state index in [0.717, 1.165) is 25.0 Å². The van der Waals surface area contributed by atoms with Crippen LogP contribution in [0.2, 0.25) is 0 Å². The average molecular weight is 256 g/mol. The van der Waals surface area contributed by atoms with Crippen LogP contribution >= 0.6 is 0 Å². The molecular formula is C17H24N2. The Morgan fingerprint density at radius 2 is 1.95 bits per heavy atom. The molecule has 0 atom stereocenters. The Kier molecular flexibility index (Phi) is 4.54. The van der Waals surface area contributed by atoms with Crippen LogP contribution in [0.4, 0.5) is 0 Å². The van der Waals surface area contributed by atoms with Crippen molar-refractivity contribution in [2.75, 3.05) is 13.1 Å². The summed E-state index contributed by atoms with van der Waals surface area (Å²) < 4.78 is 0. The fourth-order valence-electron chi connectivity index (χ4n) is 2.52. The second-order valence-electron chi connectivity index (χ2n) is 5.93. The van der Waals surface area contributed by atoms with Crippen molar-refractivity contribution in [1.29, 1.82) is 0 Å². The van der Waals surface area contributed by atoms with Crippen molar-refractivity contribution >= 4 is 10.9 Å². The molecule has 0 bridgehead atoms. The molecule has 1 aromatic carbocycles. The molecule has 0 aliphatic carbocycles. The van der Waals surface area contributed by atoms with Crippen molar-refractivity contribution in [1.82, 2.24) is 10.3 Å². The van der Waals surface area contributed by atoms with Gasteiger partial charge in [0.1, 0.15) is 0 Å². The quantitative estimate of drug-likeness (QED) is 0.795. The molecule has 102 valence electrons. The number of benzene rings is 1. The van der Waals surface area contributed by atoms with E-state index in [1.54, 1.807) is 0 Å². The van der Waals surface area contributed by atoms with E-state index < -0.39 is 0 Å². The van der Waals surface area contributed by atoms with E-state index >= 15 is 0 Å². The maximum atomic E-state index is 4.43. The summed E-state index contributed by atoms with van der Waals surface area (Å²) in [5, 5.41) is 4.71. The van der Waals surface area contributed by atoms with Gasteiger partial charge in [-0.2, -0.15) is 0 Å². The lowest BCUT2D eigenvalue weighted by Crippen LogP contribution is -2.24. The number of fused-ring (bicyclic) bond motifs is 1. The molecule has 0 fully saturated rings. The first kappa shape index (κ1) is 14.0. The summed E-state index contributed by atoms with van der Waals surface area (Å²) >= 11 is 0. The van der Waals surface area contributed by atoms with Crippen LogP contribution in [0.25, 0.3) is 10.9 Å². The van der Waals surface area contributed by atoms with Crippen molar-refractivity contribution < 1.29 is 0 Å². The molecular weight excluding hydrogens is 232 g/mol. The number of nitrogens with one attached hydrogen (secondary N) is 1. The van der Waals surface area contributed by atoms with E-state index in [2.05, 4.69) is 61.4 Å². The van der Waals surface area contributed by atoms with Gasteiger partial charge in [0.05, 0.1) is 5.52 Å². The second-order valence-corrected chi connectivity index (χ2v) is 5.93. The molecule has 1 N–H and O–H groups in total. The van der Waals surface area contributed by atoms with Gasteiger partial charge in [0.25, 0.3) is 0 Å². The number of hydrogen-bond acceptors (Lipinski definition) is 2. The van der Waals surface area contributed by atoms with Gasteiger partial charge in [-0.15, -0.1) is 0 Å². The predicted octanol–water partition coefficient (Wildman–Crippen LogP) is 3.80. The van der Waals surface area contributed by atoms with Gasteiger partial charge in [0.15, 0.2) is 0 Å². The normalized spacial score (nSPS) is 11.9.